The third-order valence-electron chi connectivity index (χ3n) is 3.04. The molecule has 22 heavy (non-hydrogen) atoms. The summed E-state index contributed by atoms with van der Waals surface area (Å²) in [5, 5.41) is 7.14. The van der Waals surface area contributed by atoms with Gasteiger partial charge in [-0.2, -0.15) is 0 Å². The molecule has 0 aliphatic heterocycles. The van der Waals surface area contributed by atoms with Crippen LogP contribution < -0.4 is 5.32 Å². The molecule has 0 bridgehead atoms. The molecule has 0 saturated heterocycles. The van der Waals surface area contributed by atoms with Crippen LogP contribution in [-0.4, -0.2) is 30.1 Å². The van der Waals surface area contributed by atoms with Crippen LogP contribution in [0.3, 0.4) is 0 Å². The van der Waals surface area contributed by atoms with Crippen molar-refractivity contribution in [2.24, 2.45) is 4.99 Å². The Morgan fingerprint density at radius 1 is 1.41 bits per heavy atom. The van der Waals surface area contributed by atoms with Gasteiger partial charge in [0.15, 0.2) is 11.7 Å². The van der Waals surface area contributed by atoms with Gasteiger partial charge in [-0.15, -0.1) is 24.0 Å². The molecular formula is C15H20BrIN4O. The number of hydrogen-bond acceptors (Lipinski definition) is 3. The van der Waals surface area contributed by atoms with Gasteiger partial charge in [0.1, 0.15) is 0 Å². The molecule has 5 nitrogen and oxygen atoms in total. The van der Waals surface area contributed by atoms with E-state index in [1.165, 1.54) is 5.56 Å². The summed E-state index contributed by atoms with van der Waals surface area (Å²) in [6.07, 6.45) is 0. The number of nitrogens with one attached hydrogen (secondary N) is 1. The summed E-state index contributed by atoms with van der Waals surface area (Å²) in [6.45, 7) is 3.23. The highest BCUT2D eigenvalue weighted by atomic mass is 127. The molecule has 0 atom stereocenters. The Labute approximate surface area is 156 Å². The molecule has 0 aliphatic carbocycles. The summed E-state index contributed by atoms with van der Waals surface area (Å²) >= 11 is 3.56. The van der Waals surface area contributed by atoms with Crippen LogP contribution in [0.25, 0.3) is 0 Å². The third-order valence-corrected chi connectivity index (χ3v) is 3.81. The molecule has 0 radical (unpaired) electrons. The zero-order chi connectivity index (χ0) is 15.2. The SMILES string of the molecule is CN=C(NCc1cc(C)no1)N(C)Cc1ccccc1Br.I. The molecule has 0 fully saturated rings. The summed E-state index contributed by atoms with van der Waals surface area (Å²) < 4.78 is 6.28. The van der Waals surface area contributed by atoms with Gasteiger partial charge in [-0.1, -0.05) is 39.3 Å². The smallest absolute Gasteiger partial charge is 0.194 e. The largest absolute Gasteiger partial charge is 0.359 e. The maximum absolute atomic E-state index is 5.18. The quantitative estimate of drug-likeness (QED) is 0.414. The Morgan fingerprint density at radius 3 is 2.73 bits per heavy atom. The highest BCUT2D eigenvalue weighted by Crippen LogP contribution is 2.17. The lowest BCUT2D eigenvalue weighted by atomic mass is 10.2. The fraction of sp³-hybridized carbons (Fsp3) is 0.333. The molecule has 120 valence electrons. The zero-order valence-corrected chi connectivity index (χ0v) is 16.8. The van der Waals surface area contributed by atoms with E-state index in [0.29, 0.717) is 6.54 Å². The first-order valence-electron chi connectivity index (χ1n) is 6.67. The van der Waals surface area contributed by atoms with E-state index < -0.39 is 0 Å². The number of halogens is 2. The molecule has 0 saturated carbocycles. The Balaban J connectivity index is 0.00000242. The van der Waals surface area contributed by atoms with E-state index in [2.05, 4.69) is 42.4 Å². The van der Waals surface area contributed by atoms with Crippen molar-refractivity contribution in [2.45, 2.75) is 20.0 Å². The Bertz CT molecular complexity index is 630. The standard InChI is InChI=1S/C15H19BrN4O.HI/c1-11-8-13(21-19-11)9-18-15(17-2)20(3)10-12-6-4-5-7-14(12)16;/h4-8H,9-10H2,1-3H3,(H,17,18);1H. The molecule has 0 aliphatic rings. The number of aliphatic imine (C=N–C) groups is 1. The second-order valence-corrected chi connectivity index (χ2v) is 5.64. The number of nitrogens with zero attached hydrogens (tertiary/aromatic N) is 3. The third kappa shape index (κ3) is 5.28. The van der Waals surface area contributed by atoms with Crippen LogP contribution in [0.15, 0.2) is 44.3 Å². The van der Waals surface area contributed by atoms with E-state index in [4.69, 9.17) is 4.52 Å². The molecule has 1 heterocycles. The first-order valence-corrected chi connectivity index (χ1v) is 7.47. The minimum Gasteiger partial charge on any atom is -0.359 e. The number of rotatable bonds is 4. The molecule has 0 unspecified atom stereocenters. The van der Waals surface area contributed by atoms with Crippen molar-refractivity contribution in [3.8, 4) is 0 Å². The average Bonchev–Trinajstić information content (AvgIpc) is 2.88. The lowest BCUT2D eigenvalue weighted by molar-refractivity contribution is 0.373. The van der Waals surface area contributed by atoms with Crippen LogP contribution in [0.2, 0.25) is 0 Å². The van der Waals surface area contributed by atoms with Gasteiger partial charge in [0.2, 0.25) is 0 Å². The number of aryl methyl sites for hydroxylation is 1. The number of hydrogen-bond donors (Lipinski definition) is 1. The maximum atomic E-state index is 5.18. The molecule has 1 N–H and O–H groups in total. The van der Waals surface area contributed by atoms with E-state index in [-0.39, 0.29) is 24.0 Å². The first kappa shape index (κ1) is 19.0. The fourth-order valence-corrected chi connectivity index (χ4v) is 2.42. The van der Waals surface area contributed by atoms with E-state index >= 15 is 0 Å². The van der Waals surface area contributed by atoms with Crippen molar-refractivity contribution in [2.75, 3.05) is 14.1 Å². The second kappa shape index (κ2) is 9.14. The van der Waals surface area contributed by atoms with E-state index in [1.54, 1.807) is 7.05 Å². The van der Waals surface area contributed by atoms with Crippen molar-refractivity contribution < 1.29 is 4.52 Å². The average molecular weight is 479 g/mol. The molecule has 1 aromatic carbocycles. The molecule has 0 spiro atoms. The van der Waals surface area contributed by atoms with Gasteiger partial charge in [-0.3, -0.25) is 4.99 Å². The lowest BCUT2D eigenvalue weighted by Gasteiger charge is -2.22. The molecule has 2 aromatic rings. The molecule has 7 heteroatoms. The van der Waals surface area contributed by atoms with Gasteiger partial charge in [-0.25, -0.2) is 0 Å². The van der Waals surface area contributed by atoms with Crippen LogP contribution in [0.5, 0.6) is 0 Å². The summed E-state index contributed by atoms with van der Waals surface area (Å²) in [4.78, 5) is 6.35. The topological polar surface area (TPSA) is 53.7 Å². The summed E-state index contributed by atoms with van der Waals surface area (Å²) in [7, 11) is 3.77. The predicted octanol–water partition coefficient (Wildman–Crippen LogP) is 3.57. The van der Waals surface area contributed by atoms with Gasteiger partial charge in [0.05, 0.1) is 12.2 Å². The van der Waals surface area contributed by atoms with Gasteiger partial charge < -0.3 is 14.7 Å². The highest BCUT2D eigenvalue weighted by Gasteiger charge is 2.09. The fourth-order valence-electron chi connectivity index (χ4n) is 2.01. The van der Waals surface area contributed by atoms with Crippen LogP contribution in [0.4, 0.5) is 0 Å². The number of benzene rings is 1. The van der Waals surface area contributed by atoms with Gasteiger partial charge in [0.25, 0.3) is 0 Å². The summed E-state index contributed by atoms with van der Waals surface area (Å²) in [6, 6.07) is 10.1. The molecule has 0 amide bonds. The first-order chi connectivity index (χ1) is 10.1. The minimum absolute atomic E-state index is 0. The van der Waals surface area contributed by atoms with Crippen molar-refractivity contribution >= 4 is 45.9 Å². The van der Waals surface area contributed by atoms with Crippen LogP contribution in [0, 0.1) is 6.92 Å². The van der Waals surface area contributed by atoms with Crippen LogP contribution in [-0.2, 0) is 13.1 Å². The van der Waals surface area contributed by atoms with Crippen molar-refractivity contribution in [1.82, 2.24) is 15.4 Å². The Morgan fingerprint density at radius 2 is 2.14 bits per heavy atom. The van der Waals surface area contributed by atoms with Gasteiger partial charge >= 0.3 is 0 Å². The monoisotopic (exact) mass is 478 g/mol. The van der Waals surface area contributed by atoms with Crippen molar-refractivity contribution in [1.29, 1.82) is 0 Å². The second-order valence-electron chi connectivity index (χ2n) is 4.78. The highest BCUT2D eigenvalue weighted by molar-refractivity contribution is 14.0. The summed E-state index contributed by atoms with van der Waals surface area (Å²) in [5.74, 6) is 1.60. The summed E-state index contributed by atoms with van der Waals surface area (Å²) in [5.41, 5.74) is 2.09. The van der Waals surface area contributed by atoms with Gasteiger partial charge in [0, 0.05) is 31.2 Å². The number of aromatic nitrogens is 1. The van der Waals surface area contributed by atoms with Crippen molar-refractivity contribution in [3.63, 3.8) is 0 Å². The van der Waals surface area contributed by atoms with E-state index in [1.807, 2.05) is 38.2 Å². The molecule has 2 rings (SSSR count). The Kier molecular flexibility index (Phi) is 7.88. The molecule has 1 aromatic heterocycles. The Hall–Kier alpha value is -1.09. The lowest BCUT2D eigenvalue weighted by Crippen LogP contribution is -2.38. The van der Waals surface area contributed by atoms with Crippen LogP contribution in [0.1, 0.15) is 17.0 Å². The minimum atomic E-state index is 0. The maximum Gasteiger partial charge on any atom is 0.194 e. The zero-order valence-electron chi connectivity index (χ0n) is 12.8. The van der Waals surface area contributed by atoms with Gasteiger partial charge in [-0.05, 0) is 18.6 Å². The predicted molar refractivity (Wildman–Crippen MR) is 102 cm³/mol. The number of guanidine groups is 1. The molecular weight excluding hydrogens is 459 g/mol. The van der Waals surface area contributed by atoms with E-state index in [9.17, 15) is 0 Å². The van der Waals surface area contributed by atoms with Crippen molar-refractivity contribution in [3.05, 3.63) is 51.8 Å². The normalized spacial score (nSPS) is 11.0. The van der Waals surface area contributed by atoms with Crippen LogP contribution >= 0.6 is 39.9 Å². The van der Waals surface area contributed by atoms with E-state index in [0.717, 1.165) is 28.4 Å².